The molecule has 1 aliphatic rings. The van der Waals surface area contributed by atoms with Crippen molar-refractivity contribution < 1.29 is 14.3 Å². The van der Waals surface area contributed by atoms with Crippen LogP contribution >= 0.6 is 0 Å². The molecular formula is C23H26N4O3. The maximum Gasteiger partial charge on any atom is 0.242 e. The molecule has 4 rings (SSSR count). The highest BCUT2D eigenvalue weighted by molar-refractivity contribution is 5.82. The lowest BCUT2D eigenvalue weighted by atomic mass is 10.1. The number of hydrogen-bond acceptors (Lipinski definition) is 4. The first-order chi connectivity index (χ1) is 14.6. The van der Waals surface area contributed by atoms with Crippen LogP contribution in [0.1, 0.15) is 24.4 Å². The van der Waals surface area contributed by atoms with E-state index in [1.165, 1.54) is 0 Å². The second-order valence-corrected chi connectivity index (χ2v) is 7.49. The number of carbonyl (C=O) groups is 2. The molecule has 0 spiro atoms. The highest BCUT2D eigenvalue weighted by atomic mass is 16.5. The molecule has 1 fully saturated rings. The van der Waals surface area contributed by atoms with Crippen molar-refractivity contribution in [3.05, 3.63) is 66.0 Å². The van der Waals surface area contributed by atoms with Gasteiger partial charge in [-0.15, -0.1) is 0 Å². The topological polar surface area (TPSA) is 76.5 Å². The Bertz CT molecular complexity index is 1030. The molecule has 1 N–H and O–H groups in total. The van der Waals surface area contributed by atoms with E-state index in [0.29, 0.717) is 38.5 Å². The molecule has 30 heavy (non-hydrogen) atoms. The Balaban J connectivity index is 1.54. The van der Waals surface area contributed by atoms with Gasteiger partial charge in [0.15, 0.2) is 0 Å². The second-order valence-electron chi connectivity index (χ2n) is 7.49. The van der Waals surface area contributed by atoms with Crippen molar-refractivity contribution in [1.29, 1.82) is 0 Å². The maximum atomic E-state index is 12.9. The fraction of sp³-hybridized carbons (Fsp3) is 0.348. The smallest absolute Gasteiger partial charge is 0.242 e. The molecule has 2 amide bonds. The molecule has 156 valence electrons. The van der Waals surface area contributed by atoms with Gasteiger partial charge in [-0.25, -0.2) is 4.98 Å². The van der Waals surface area contributed by atoms with Gasteiger partial charge in [-0.1, -0.05) is 42.5 Å². The second kappa shape index (κ2) is 9.09. The van der Waals surface area contributed by atoms with E-state index >= 15 is 0 Å². The minimum absolute atomic E-state index is 0.0329. The lowest BCUT2D eigenvalue weighted by Crippen LogP contribution is -2.42. The van der Waals surface area contributed by atoms with Gasteiger partial charge in [0, 0.05) is 13.1 Å². The maximum absolute atomic E-state index is 12.9. The fourth-order valence-corrected chi connectivity index (χ4v) is 3.78. The van der Waals surface area contributed by atoms with Crippen molar-refractivity contribution in [2.75, 3.05) is 26.3 Å². The van der Waals surface area contributed by atoms with Crippen LogP contribution in [-0.2, 0) is 27.3 Å². The van der Waals surface area contributed by atoms with E-state index in [1.54, 1.807) is 0 Å². The summed E-state index contributed by atoms with van der Waals surface area (Å²) in [6.45, 7) is 4.42. The first-order valence-electron chi connectivity index (χ1n) is 10.3. The number of nitrogens with one attached hydrogen (secondary N) is 1. The minimum atomic E-state index is -0.328. The van der Waals surface area contributed by atoms with Gasteiger partial charge in [-0.2, -0.15) is 0 Å². The normalized spacial score (nSPS) is 15.2. The first-order valence-corrected chi connectivity index (χ1v) is 10.3. The zero-order valence-electron chi connectivity index (χ0n) is 17.1. The molecule has 2 heterocycles. The predicted octanol–water partition coefficient (Wildman–Crippen LogP) is 2.32. The summed E-state index contributed by atoms with van der Waals surface area (Å²) in [5.41, 5.74) is 2.66. The third kappa shape index (κ3) is 4.52. The Morgan fingerprint density at radius 3 is 2.53 bits per heavy atom. The van der Waals surface area contributed by atoms with Crippen molar-refractivity contribution in [3.8, 4) is 0 Å². The fourth-order valence-electron chi connectivity index (χ4n) is 3.78. The Labute approximate surface area is 175 Å². The average molecular weight is 406 g/mol. The molecule has 7 heteroatoms. The van der Waals surface area contributed by atoms with Gasteiger partial charge in [-0.3, -0.25) is 9.59 Å². The van der Waals surface area contributed by atoms with Crippen molar-refractivity contribution in [2.45, 2.75) is 25.9 Å². The Hall–Kier alpha value is -3.19. The summed E-state index contributed by atoms with van der Waals surface area (Å²) in [5.74, 6) is 0.636. The average Bonchev–Trinajstić information content (AvgIpc) is 3.13. The molecule has 2 aromatic carbocycles. The lowest BCUT2D eigenvalue weighted by molar-refractivity contribution is -0.135. The van der Waals surface area contributed by atoms with Gasteiger partial charge in [0.05, 0.1) is 36.7 Å². The van der Waals surface area contributed by atoms with Gasteiger partial charge >= 0.3 is 0 Å². The van der Waals surface area contributed by atoms with Gasteiger partial charge in [-0.05, 0) is 24.6 Å². The summed E-state index contributed by atoms with van der Waals surface area (Å²) in [7, 11) is 0. The predicted molar refractivity (Wildman–Crippen MR) is 114 cm³/mol. The number of nitrogens with zero attached hydrogens (tertiary/aromatic N) is 3. The number of aromatic nitrogens is 2. The number of imidazole rings is 1. The van der Waals surface area contributed by atoms with Crippen LogP contribution in [0, 0.1) is 0 Å². The zero-order valence-corrected chi connectivity index (χ0v) is 17.1. The largest absolute Gasteiger partial charge is 0.378 e. The molecule has 7 nitrogen and oxygen atoms in total. The quantitative estimate of drug-likeness (QED) is 0.682. The van der Waals surface area contributed by atoms with E-state index in [2.05, 4.69) is 5.32 Å². The van der Waals surface area contributed by atoms with E-state index < -0.39 is 0 Å². The van der Waals surface area contributed by atoms with Crippen LogP contribution in [0.5, 0.6) is 0 Å². The number of carbonyl (C=O) groups excluding carboxylic acids is 2. The highest BCUT2D eigenvalue weighted by Crippen LogP contribution is 2.21. The molecule has 1 aliphatic heterocycles. The third-order valence-electron chi connectivity index (χ3n) is 5.31. The van der Waals surface area contributed by atoms with E-state index in [9.17, 15) is 9.59 Å². The molecule has 3 aromatic rings. The van der Waals surface area contributed by atoms with E-state index in [-0.39, 0.29) is 24.4 Å². The number of para-hydroxylation sites is 2. The number of hydrogen-bond donors (Lipinski definition) is 1. The van der Waals surface area contributed by atoms with Gasteiger partial charge in [0.1, 0.15) is 12.4 Å². The van der Waals surface area contributed by atoms with E-state index in [4.69, 9.17) is 9.72 Å². The van der Waals surface area contributed by atoms with E-state index in [1.807, 2.05) is 71.0 Å². The summed E-state index contributed by atoms with van der Waals surface area (Å²) in [6, 6.07) is 17.0. The monoisotopic (exact) mass is 406 g/mol. The number of benzene rings is 2. The molecule has 1 aromatic heterocycles. The third-order valence-corrected chi connectivity index (χ3v) is 5.31. The van der Waals surface area contributed by atoms with Crippen molar-refractivity contribution >= 4 is 22.8 Å². The van der Waals surface area contributed by atoms with Gasteiger partial charge in [0.2, 0.25) is 11.8 Å². The Morgan fingerprint density at radius 1 is 1.07 bits per heavy atom. The molecule has 0 radical (unpaired) electrons. The Morgan fingerprint density at radius 2 is 1.77 bits per heavy atom. The van der Waals surface area contributed by atoms with Crippen LogP contribution < -0.4 is 5.32 Å². The number of ether oxygens (including phenoxy) is 1. The number of morpholine rings is 1. The molecule has 1 saturated heterocycles. The molecule has 0 aliphatic carbocycles. The van der Waals surface area contributed by atoms with Crippen molar-refractivity contribution in [2.24, 2.45) is 0 Å². The van der Waals surface area contributed by atoms with Crippen LogP contribution in [0.2, 0.25) is 0 Å². The minimum Gasteiger partial charge on any atom is -0.378 e. The van der Waals surface area contributed by atoms with Crippen molar-refractivity contribution in [1.82, 2.24) is 19.8 Å². The molecule has 0 bridgehead atoms. The van der Waals surface area contributed by atoms with Crippen LogP contribution in [0.25, 0.3) is 11.0 Å². The van der Waals surface area contributed by atoms with Gasteiger partial charge in [0.25, 0.3) is 0 Å². The van der Waals surface area contributed by atoms with Crippen molar-refractivity contribution in [3.63, 3.8) is 0 Å². The van der Waals surface area contributed by atoms with Crippen LogP contribution in [0.15, 0.2) is 54.6 Å². The number of fused-ring (bicyclic) bond motifs is 1. The van der Waals surface area contributed by atoms with E-state index in [0.717, 1.165) is 16.6 Å². The molecular weight excluding hydrogens is 380 g/mol. The number of amides is 2. The molecule has 0 saturated carbocycles. The highest BCUT2D eigenvalue weighted by Gasteiger charge is 2.23. The zero-order chi connectivity index (χ0) is 20.9. The SMILES string of the molecule is CC(NC(=O)Cc1ccccc1)c1nc2ccccc2n1CC(=O)N1CCOCC1. The number of rotatable bonds is 6. The summed E-state index contributed by atoms with van der Waals surface area (Å²) in [6.07, 6.45) is 0.304. The van der Waals surface area contributed by atoms with Gasteiger partial charge < -0.3 is 19.5 Å². The summed E-state index contributed by atoms with van der Waals surface area (Å²) in [4.78, 5) is 32.0. The molecule has 1 unspecified atom stereocenters. The molecule has 1 atom stereocenters. The van der Waals surface area contributed by atoms with Crippen LogP contribution in [-0.4, -0.2) is 52.6 Å². The standard InChI is InChI=1S/C23H26N4O3/c1-17(24-21(28)15-18-7-3-2-4-8-18)23-25-19-9-5-6-10-20(19)27(23)16-22(29)26-11-13-30-14-12-26/h2-10,17H,11-16H2,1H3,(H,24,28). The first kappa shape index (κ1) is 20.1. The lowest BCUT2D eigenvalue weighted by Gasteiger charge is -2.27. The summed E-state index contributed by atoms with van der Waals surface area (Å²) >= 11 is 0. The summed E-state index contributed by atoms with van der Waals surface area (Å²) in [5, 5.41) is 3.03. The summed E-state index contributed by atoms with van der Waals surface area (Å²) < 4.78 is 7.27. The Kier molecular flexibility index (Phi) is 6.09. The van der Waals surface area contributed by atoms with Crippen LogP contribution in [0.3, 0.4) is 0 Å². The van der Waals surface area contributed by atoms with Crippen LogP contribution in [0.4, 0.5) is 0 Å².